The highest BCUT2D eigenvalue weighted by atomic mass is 16.6. The van der Waals surface area contributed by atoms with Crippen molar-refractivity contribution in [1.29, 1.82) is 0 Å². The Morgan fingerprint density at radius 2 is 1.17 bits per heavy atom. The van der Waals surface area contributed by atoms with E-state index in [9.17, 15) is 0 Å². The van der Waals surface area contributed by atoms with E-state index in [-0.39, 0.29) is 5.54 Å². The van der Waals surface area contributed by atoms with E-state index < -0.39 is 0 Å². The number of fused-ring (bicyclic) bond motifs is 1. The summed E-state index contributed by atoms with van der Waals surface area (Å²) in [6.45, 7) is 8.56. The molecule has 2 aliphatic rings. The molecule has 0 aromatic rings. The molecule has 0 saturated carbocycles. The van der Waals surface area contributed by atoms with Gasteiger partial charge in [-0.15, -0.1) is 0 Å². The molecule has 3 nitrogen and oxygen atoms in total. The fraction of sp³-hybridized carbons (Fsp3) is 1.00. The first-order valence-electron chi connectivity index (χ1n) is 10.2. The van der Waals surface area contributed by atoms with Gasteiger partial charge in [0.15, 0.2) is 0 Å². The van der Waals surface area contributed by atoms with Gasteiger partial charge in [-0.2, -0.15) is 0 Å². The summed E-state index contributed by atoms with van der Waals surface area (Å²) in [5, 5.41) is 0. The molecule has 0 aliphatic carbocycles. The molecule has 0 aromatic carbocycles. The lowest BCUT2D eigenvalue weighted by molar-refractivity contribution is -0.0653. The highest BCUT2D eigenvalue weighted by Gasteiger charge is 2.52. The summed E-state index contributed by atoms with van der Waals surface area (Å²) in [4.78, 5) is 2.58. The summed E-state index contributed by atoms with van der Waals surface area (Å²) in [6.07, 6.45) is 16.3. The average molecular weight is 326 g/mol. The lowest BCUT2D eigenvalue weighted by Crippen LogP contribution is -2.46. The van der Waals surface area contributed by atoms with Crippen molar-refractivity contribution in [3.63, 3.8) is 0 Å². The number of nitrogens with zero attached hydrogens (tertiary/aromatic N) is 1. The van der Waals surface area contributed by atoms with Crippen LogP contribution in [-0.2, 0) is 9.47 Å². The molecule has 2 fully saturated rings. The van der Waals surface area contributed by atoms with Crippen molar-refractivity contribution in [2.45, 2.75) is 116 Å². The summed E-state index contributed by atoms with van der Waals surface area (Å²) in [5.74, 6) is 0. The molecule has 0 radical (unpaired) electrons. The molecule has 0 spiro atoms. The van der Waals surface area contributed by atoms with Crippen LogP contribution in [0.4, 0.5) is 0 Å². The Hall–Kier alpha value is -0.120. The van der Waals surface area contributed by atoms with Crippen LogP contribution in [0.25, 0.3) is 0 Å². The van der Waals surface area contributed by atoms with Gasteiger partial charge in [-0.25, -0.2) is 4.90 Å². The van der Waals surface area contributed by atoms with Crippen molar-refractivity contribution in [3.05, 3.63) is 0 Å². The zero-order chi connectivity index (χ0) is 16.5. The number of rotatable bonds is 12. The van der Waals surface area contributed by atoms with Crippen LogP contribution < -0.4 is 0 Å². The molecule has 0 amide bonds. The van der Waals surface area contributed by atoms with Gasteiger partial charge in [0.05, 0.1) is 18.8 Å². The Labute approximate surface area is 144 Å². The summed E-state index contributed by atoms with van der Waals surface area (Å²) in [5.41, 5.74) is 0.127. The van der Waals surface area contributed by atoms with Gasteiger partial charge in [-0.3, -0.25) is 0 Å². The Kier molecular flexibility index (Phi) is 8.35. The summed E-state index contributed by atoms with van der Waals surface area (Å²) >= 11 is 0. The second kappa shape index (κ2) is 10.0. The standard InChI is InChI=1S/C20H39NO2/c1-4-6-8-10-12-14-18-21-19(15-13-11-9-7-5-2)23-17-20(21,3)16-22-18/h18-19H,4-17H2,1-3H3. The average Bonchev–Trinajstić information content (AvgIpc) is 3.03. The highest BCUT2D eigenvalue weighted by molar-refractivity contribution is 4.98. The van der Waals surface area contributed by atoms with E-state index in [4.69, 9.17) is 9.47 Å². The third kappa shape index (κ3) is 5.44. The first-order chi connectivity index (χ1) is 11.2. The van der Waals surface area contributed by atoms with Gasteiger partial charge >= 0.3 is 0 Å². The third-order valence-electron chi connectivity index (χ3n) is 5.53. The molecule has 2 atom stereocenters. The van der Waals surface area contributed by atoms with Gasteiger partial charge in [0, 0.05) is 0 Å². The minimum atomic E-state index is 0.127. The molecule has 2 aliphatic heterocycles. The predicted molar refractivity (Wildman–Crippen MR) is 96.5 cm³/mol. The molecule has 0 N–H and O–H groups in total. The number of ether oxygens (including phenoxy) is 2. The van der Waals surface area contributed by atoms with Crippen molar-refractivity contribution in [1.82, 2.24) is 4.90 Å². The van der Waals surface area contributed by atoms with Gasteiger partial charge in [0.25, 0.3) is 0 Å². The van der Waals surface area contributed by atoms with Gasteiger partial charge in [0.1, 0.15) is 12.5 Å². The van der Waals surface area contributed by atoms with Crippen molar-refractivity contribution >= 4 is 0 Å². The Morgan fingerprint density at radius 3 is 1.61 bits per heavy atom. The van der Waals surface area contributed by atoms with Crippen LogP contribution in [0.1, 0.15) is 97.8 Å². The van der Waals surface area contributed by atoms with Crippen molar-refractivity contribution in [2.75, 3.05) is 13.2 Å². The van der Waals surface area contributed by atoms with Crippen LogP contribution in [0.3, 0.4) is 0 Å². The molecule has 2 rings (SSSR count). The van der Waals surface area contributed by atoms with E-state index in [1.807, 2.05) is 0 Å². The fourth-order valence-electron chi connectivity index (χ4n) is 4.07. The fourth-order valence-corrected chi connectivity index (χ4v) is 4.07. The highest BCUT2D eigenvalue weighted by Crippen LogP contribution is 2.39. The van der Waals surface area contributed by atoms with E-state index in [0.717, 1.165) is 13.2 Å². The van der Waals surface area contributed by atoms with Crippen LogP contribution in [0, 0.1) is 0 Å². The van der Waals surface area contributed by atoms with Crippen LogP contribution in [0.15, 0.2) is 0 Å². The first kappa shape index (κ1) is 19.2. The molecule has 0 bridgehead atoms. The SMILES string of the molecule is CCCCCCCC1OCC2(C)COC(CCCCCCC)N12. The van der Waals surface area contributed by atoms with Crippen LogP contribution in [0.2, 0.25) is 0 Å². The third-order valence-corrected chi connectivity index (χ3v) is 5.53. The zero-order valence-corrected chi connectivity index (χ0v) is 15.8. The number of unbranched alkanes of at least 4 members (excludes halogenated alkanes) is 8. The molecular formula is C20H39NO2. The van der Waals surface area contributed by atoms with E-state index >= 15 is 0 Å². The van der Waals surface area contributed by atoms with Gasteiger partial charge < -0.3 is 9.47 Å². The quantitative estimate of drug-likeness (QED) is 0.443. The first-order valence-corrected chi connectivity index (χ1v) is 10.2. The van der Waals surface area contributed by atoms with Crippen molar-refractivity contribution in [3.8, 4) is 0 Å². The van der Waals surface area contributed by atoms with Crippen LogP contribution >= 0.6 is 0 Å². The maximum atomic E-state index is 6.15. The van der Waals surface area contributed by atoms with Crippen molar-refractivity contribution in [2.24, 2.45) is 0 Å². The molecular weight excluding hydrogens is 286 g/mol. The smallest absolute Gasteiger partial charge is 0.113 e. The van der Waals surface area contributed by atoms with Crippen LogP contribution in [0.5, 0.6) is 0 Å². The van der Waals surface area contributed by atoms with E-state index in [1.165, 1.54) is 77.0 Å². The Bertz CT molecular complexity index is 295. The molecule has 2 saturated heterocycles. The molecule has 2 unspecified atom stereocenters. The van der Waals surface area contributed by atoms with Crippen LogP contribution in [-0.4, -0.2) is 36.1 Å². The minimum absolute atomic E-state index is 0.127. The monoisotopic (exact) mass is 325 g/mol. The van der Waals surface area contributed by atoms with Gasteiger partial charge in [-0.1, -0.05) is 65.2 Å². The van der Waals surface area contributed by atoms with Crippen molar-refractivity contribution < 1.29 is 9.47 Å². The largest absolute Gasteiger partial charge is 0.361 e. The molecule has 3 heteroatoms. The topological polar surface area (TPSA) is 21.7 Å². The Balaban J connectivity index is 1.73. The maximum absolute atomic E-state index is 6.15. The normalized spacial score (nSPS) is 30.9. The molecule has 0 aromatic heterocycles. The predicted octanol–water partition coefficient (Wildman–Crippen LogP) is 5.48. The zero-order valence-electron chi connectivity index (χ0n) is 15.8. The molecule has 23 heavy (non-hydrogen) atoms. The lowest BCUT2D eigenvalue weighted by Gasteiger charge is -2.31. The second-order valence-electron chi connectivity index (χ2n) is 7.84. The van der Waals surface area contributed by atoms with Gasteiger partial charge in [-0.05, 0) is 32.6 Å². The Morgan fingerprint density at radius 1 is 0.739 bits per heavy atom. The lowest BCUT2D eigenvalue weighted by atomic mass is 10.0. The second-order valence-corrected chi connectivity index (χ2v) is 7.84. The van der Waals surface area contributed by atoms with E-state index in [2.05, 4.69) is 25.7 Å². The summed E-state index contributed by atoms with van der Waals surface area (Å²) in [6, 6.07) is 0. The summed E-state index contributed by atoms with van der Waals surface area (Å²) in [7, 11) is 0. The summed E-state index contributed by atoms with van der Waals surface area (Å²) < 4.78 is 12.3. The van der Waals surface area contributed by atoms with Gasteiger partial charge in [0.2, 0.25) is 0 Å². The number of hydrogen-bond acceptors (Lipinski definition) is 3. The molecule has 136 valence electrons. The maximum Gasteiger partial charge on any atom is 0.113 e. The minimum Gasteiger partial charge on any atom is -0.361 e. The molecule has 2 heterocycles. The van der Waals surface area contributed by atoms with E-state index in [0.29, 0.717) is 12.5 Å². The van der Waals surface area contributed by atoms with E-state index in [1.54, 1.807) is 0 Å². The number of hydrogen-bond donors (Lipinski definition) is 0.